The van der Waals surface area contributed by atoms with Gasteiger partial charge in [0.2, 0.25) is 0 Å². The van der Waals surface area contributed by atoms with Crippen molar-refractivity contribution in [2.24, 2.45) is 0 Å². The normalized spacial score (nSPS) is 10.1. The molecule has 1 aromatic heterocycles. The number of rotatable bonds is 2. The molecule has 1 N–H and O–H groups in total. The summed E-state index contributed by atoms with van der Waals surface area (Å²) < 4.78 is 5.06. The average Bonchev–Trinajstić information content (AvgIpc) is 2.65. The Hall–Kier alpha value is -1.48. The van der Waals surface area contributed by atoms with Crippen LogP contribution in [-0.4, -0.2) is 17.1 Å². The summed E-state index contributed by atoms with van der Waals surface area (Å²) in [5, 5.41) is 0.399. The lowest BCUT2D eigenvalue weighted by Crippen LogP contribution is -1.82. The Morgan fingerprint density at radius 1 is 1.29 bits per heavy atom. The maximum Gasteiger partial charge on any atom is 0.200 e. The van der Waals surface area contributed by atoms with Gasteiger partial charge >= 0.3 is 0 Å². The molecule has 0 fully saturated rings. The van der Waals surface area contributed by atoms with Gasteiger partial charge < -0.3 is 9.72 Å². The van der Waals surface area contributed by atoms with Crippen LogP contribution >= 0.6 is 11.6 Å². The summed E-state index contributed by atoms with van der Waals surface area (Å²) >= 11 is 5.68. The summed E-state index contributed by atoms with van der Waals surface area (Å²) in [5.74, 6) is 0.833. The number of H-pyrrole nitrogens is 1. The SMILES string of the molecule is COc1ccc(-c2cnc(Cl)[nH]2)cc1. The van der Waals surface area contributed by atoms with Crippen molar-refractivity contribution in [3.05, 3.63) is 35.7 Å². The van der Waals surface area contributed by atoms with Crippen molar-refractivity contribution in [2.75, 3.05) is 7.11 Å². The molecule has 0 bridgehead atoms. The molecule has 2 rings (SSSR count). The van der Waals surface area contributed by atoms with Gasteiger partial charge in [-0.2, -0.15) is 0 Å². The zero-order chi connectivity index (χ0) is 9.97. The van der Waals surface area contributed by atoms with E-state index in [0.29, 0.717) is 5.28 Å². The third kappa shape index (κ3) is 1.72. The molecular formula is C10H9ClN2O. The molecule has 0 radical (unpaired) electrons. The predicted molar refractivity (Wildman–Crippen MR) is 55.6 cm³/mol. The van der Waals surface area contributed by atoms with E-state index in [4.69, 9.17) is 16.3 Å². The van der Waals surface area contributed by atoms with Crippen LogP contribution in [0, 0.1) is 0 Å². The van der Waals surface area contributed by atoms with Crippen LogP contribution in [0.1, 0.15) is 0 Å². The van der Waals surface area contributed by atoms with Gasteiger partial charge in [-0.3, -0.25) is 0 Å². The molecule has 1 aromatic carbocycles. The number of aromatic nitrogens is 2. The molecule has 3 nitrogen and oxygen atoms in total. The first-order chi connectivity index (χ1) is 6.79. The van der Waals surface area contributed by atoms with Crippen LogP contribution in [0.25, 0.3) is 11.3 Å². The van der Waals surface area contributed by atoms with E-state index in [-0.39, 0.29) is 0 Å². The van der Waals surface area contributed by atoms with Crippen molar-refractivity contribution in [3.63, 3.8) is 0 Å². The van der Waals surface area contributed by atoms with Crippen molar-refractivity contribution in [3.8, 4) is 17.0 Å². The second-order valence-electron chi connectivity index (χ2n) is 2.82. The summed E-state index contributed by atoms with van der Waals surface area (Å²) in [4.78, 5) is 6.86. The fourth-order valence-electron chi connectivity index (χ4n) is 1.21. The standard InChI is InChI=1S/C10H9ClN2O/c1-14-8-4-2-7(3-5-8)9-6-12-10(11)13-9/h2-6H,1H3,(H,12,13). The second kappa shape index (κ2) is 3.72. The zero-order valence-corrected chi connectivity index (χ0v) is 8.38. The highest BCUT2D eigenvalue weighted by molar-refractivity contribution is 6.28. The highest BCUT2D eigenvalue weighted by atomic mass is 35.5. The number of ether oxygens (including phenoxy) is 1. The number of benzene rings is 1. The van der Waals surface area contributed by atoms with Crippen molar-refractivity contribution in [1.29, 1.82) is 0 Å². The van der Waals surface area contributed by atoms with Crippen LogP contribution in [-0.2, 0) is 0 Å². The molecule has 0 aliphatic rings. The third-order valence-electron chi connectivity index (χ3n) is 1.95. The molecule has 0 atom stereocenters. The van der Waals surface area contributed by atoms with Crippen LogP contribution in [0.2, 0.25) is 5.28 Å². The molecule has 2 aromatic rings. The van der Waals surface area contributed by atoms with E-state index in [9.17, 15) is 0 Å². The molecule has 0 saturated heterocycles. The molecule has 0 aliphatic heterocycles. The number of hydrogen-bond donors (Lipinski definition) is 1. The number of hydrogen-bond acceptors (Lipinski definition) is 2. The Balaban J connectivity index is 2.33. The summed E-state index contributed by atoms with van der Waals surface area (Å²) in [6.45, 7) is 0. The maximum atomic E-state index is 5.68. The minimum Gasteiger partial charge on any atom is -0.497 e. The Bertz CT molecular complexity index is 422. The van der Waals surface area contributed by atoms with Crippen molar-refractivity contribution in [1.82, 2.24) is 9.97 Å². The summed E-state index contributed by atoms with van der Waals surface area (Å²) in [7, 11) is 1.64. The lowest BCUT2D eigenvalue weighted by Gasteiger charge is -2.00. The van der Waals surface area contributed by atoms with Gasteiger partial charge in [0.15, 0.2) is 5.28 Å². The molecule has 4 heteroatoms. The van der Waals surface area contributed by atoms with Crippen LogP contribution in [0.15, 0.2) is 30.5 Å². The Labute approximate surface area is 86.7 Å². The molecule has 0 unspecified atom stereocenters. The molecule has 14 heavy (non-hydrogen) atoms. The first kappa shape index (κ1) is 9.09. The van der Waals surface area contributed by atoms with Crippen LogP contribution in [0.4, 0.5) is 0 Å². The average molecular weight is 209 g/mol. The van der Waals surface area contributed by atoms with Crippen LogP contribution in [0.5, 0.6) is 5.75 Å². The Morgan fingerprint density at radius 3 is 2.50 bits per heavy atom. The molecular weight excluding hydrogens is 200 g/mol. The lowest BCUT2D eigenvalue weighted by atomic mass is 10.2. The van der Waals surface area contributed by atoms with Crippen molar-refractivity contribution in [2.45, 2.75) is 0 Å². The summed E-state index contributed by atoms with van der Waals surface area (Å²) in [6.07, 6.45) is 1.70. The third-order valence-corrected chi connectivity index (χ3v) is 2.14. The fraction of sp³-hybridized carbons (Fsp3) is 0.100. The monoisotopic (exact) mass is 208 g/mol. The minimum atomic E-state index is 0.399. The zero-order valence-electron chi connectivity index (χ0n) is 7.62. The Kier molecular flexibility index (Phi) is 2.41. The number of aromatic amines is 1. The lowest BCUT2D eigenvalue weighted by molar-refractivity contribution is 0.415. The number of nitrogens with zero attached hydrogens (tertiary/aromatic N) is 1. The van der Waals surface area contributed by atoms with E-state index >= 15 is 0 Å². The van der Waals surface area contributed by atoms with Gasteiger partial charge in [-0.05, 0) is 41.4 Å². The first-order valence-electron chi connectivity index (χ1n) is 4.14. The van der Waals surface area contributed by atoms with E-state index < -0.39 is 0 Å². The molecule has 1 heterocycles. The van der Waals surface area contributed by atoms with Gasteiger partial charge in [-0.15, -0.1) is 0 Å². The van der Waals surface area contributed by atoms with Gasteiger partial charge in [0.1, 0.15) is 5.75 Å². The predicted octanol–water partition coefficient (Wildman–Crippen LogP) is 2.74. The molecule has 0 amide bonds. The molecule has 0 spiro atoms. The minimum absolute atomic E-state index is 0.399. The van der Waals surface area contributed by atoms with Crippen molar-refractivity contribution >= 4 is 11.6 Å². The Morgan fingerprint density at radius 2 is 2.00 bits per heavy atom. The second-order valence-corrected chi connectivity index (χ2v) is 3.17. The quantitative estimate of drug-likeness (QED) is 0.824. The van der Waals surface area contributed by atoms with Gasteiger partial charge in [0, 0.05) is 0 Å². The molecule has 0 aliphatic carbocycles. The first-order valence-corrected chi connectivity index (χ1v) is 4.52. The number of methoxy groups -OCH3 is 1. The smallest absolute Gasteiger partial charge is 0.200 e. The topological polar surface area (TPSA) is 37.9 Å². The highest BCUT2D eigenvalue weighted by Gasteiger charge is 2.01. The largest absolute Gasteiger partial charge is 0.497 e. The fourth-order valence-corrected chi connectivity index (χ4v) is 1.36. The van der Waals surface area contributed by atoms with Gasteiger partial charge in [-0.1, -0.05) is 0 Å². The maximum absolute atomic E-state index is 5.68. The molecule has 72 valence electrons. The van der Waals surface area contributed by atoms with Crippen LogP contribution in [0.3, 0.4) is 0 Å². The van der Waals surface area contributed by atoms with Gasteiger partial charge in [0.05, 0.1) is 19.0 Å². The van der Waals surface area contributed by atoms with E-state index in [1.165, 1.54) is 0 Å². The van der Waals surface area contributed by atoms with E-state index in [1.54, 1.807) is 13.3 Å². The highest BCUT2D eigenvalue weighted by Crippen LogP contribution is 2.21. The summed E-state index contributed by atoms with van der Waals surface area (Å²) in [5.41, 5.74) is 1.93. The van der Waals surface area contributed by atoms with E-state index in [1.807, 2.05) is 24.3 Å². The molecule has 0 saturated carbocycles. The van der Waals surface area contributed by atoms with Crippen LogP contribution < -0.4 is 4.74 Å². The number of halogens is 1. The number of imidazole rings is 1. The number of nitrogens with one attached hydrogen (secondary N) is 1. The van der Waals surface area contributed by atoms with E-state index in [0.717, 1.165) is 17.0 Å². The van der Waals surface area contributed by atoms with E-state index in [2.05, 4.69) is 9.97 Å². The van der Waals surface area contributed by atoms with Gasteiger partial charge in [0.25, 0.3) is 0 Å². The van der Waals surface area contributed by atoms with Crippen molar-refractivity contribution < 1.29 is 4.74 Å². The summed E-state index contributed by atoms with van der Waals surface area (Å²) in [6, 6.07) is 7.68. The van der Waals surface area contributed by atoms with Gasteiger partial charge in [-0.25, -0.2) is 4.98 Å².